The van der Waals surface area contributed by atoms with Gasteiger partial charge in [0.25, 0.3) is 0 Å². The van der Waals surface area contributed by atoms with Crippen LogP contribution in [0.25, 0.3) is 22.4 Å². The molecule has 0 bridgehead atoms. The summed E-state index contributed by atoms with van der Waals surface area (Å²) >= 11 is 0. The van der Waals surface area contributed by atoms with Crippen LogP contribution >= 0.6 is 0 Å². The normalized spacial score (nSPS) is 17.4. The zero-order chi connectivity index (χ0) is 20.6. The van der Waals surface area contributed by atoms with Crippen LogP contribution in [-0.4, -0.2) is 28.1 Å². The van der Waals surface area contributed by atoms with E-state index in [9.17, 15) is 9.50 Å². The third kappa shape index (κ3) is 4.21. The number of likely N-dealkylation sites (tertiary alicyclic amines) is 1. The molecule has 1 aliphatic heterocycles. The van der Waals surface area contributed by atoms with Gasteiger partial charge in [-0.05, 0) is 48.6 Å². The number of aliphatic hydroxyl groups is 1. The van der Waals surface area contributed by atoms with E-state index in [2.05, 4.69) is 25.7 Å². The van der Waals surface area contributed by atoms with Gasteiger partial charge >= 0.3 is 0 Å². The molecule has 0 radical (unpaired) electrons. The van der Waals surface area contributed by atoms with Crippen molar-refractivity contribution in [3.8, 4) is 11.3 Å². The number of pyridine rings is 1. The monoisotopic (exact) mass is 396 g/mol. The van der Waals surface area contributed by atoms with E-state index in [1.807, 2.05) is 12.1 Å². The number of furan rings is 1. The Hall–Kier alpha value is -2.24. The summed E-state index contributed by atoms with van der Waals surface area (Å²) in [7, 11) is 0. The molecule has 0 saturated carbocycles. The summed E-state index contributed by atoms with van der Waals surface area (Å²) < 4.78 is 19.5. The van der Waals surface area contributed by atoms with Crippen LogP contribution in [0.15, 0.2) is 40.8 Å². The third-order valence-corrected chi connectivity index (χ3v) is 5.69. The number of aromatic nitrogens is 1. The van der Waals surface area contributed by atoms with Crippen molar-refractivity contribution in [2.24, 2.45) is 0 Å². The van der Waals surface area contributed by atoms with Crippen molar-refractivity contribution in [1.29, 1.82) is 0 Å². The Morgan fingerprint density at radius 2 is 1.69 bits per heavy atom. The molecule has 1 N–H and O–H groups in total. The lowest BCUT2D eigenvalue weighted by molar-refractivity contribution is -0.0108. The largest absolute Gasteiger partial charge is 0.455 e. The number of hydrogen-bond donors (Lipinski definition) is 1. The molecule has 0 aliphatic carbocycles. The number of hydrogen-bond acceptors (Lipinski definition) is 4. The molecule has 1 fully saturated rings. The van der Waals surface area contributed by atoms with E-state index in [4.69, 9.17) is 9.40 Å². The number of nitrogens with zero attached hydrogens (tertiary/aromatic N) is 2. The minimum atomic E-state index is -0.760. The molecule has 1 saturated heterocycles. The standard InChI is InChI=1S/C24H29FN2O2/c1-24(2,3)18-14-19(16-8-10-17(25)11-9-16)26-20-15-21(29-22(18)20)23(28)27-12-6-4-5-7-13-27/h8-11,14-15,23,28H,4-7,12-13H2,1-3H3. The van der Waals surface area contributed by atoms with Crippen molar-refractivity contribution >= 4 is 11.1 Å². The highest BCUT2D eigenvalue weighted by molar-refractivity contribution is 5.82. The third-order valence-electron chi connectivity index (χ3n) is 5.69. The summed E-state index contributed by atoms with van der Waals surface area (Å²) in [5.74, 6) is 0.271. The highest BCUT2D eigenvalue weighted by Crippen LogP contribution is 2.36. The highest BCUT2D eigenvalue weighted by Gasteiger charge is 2.26. The summed E-state index contributed by atoms with van der Waals surface area (Å²) in [5, 5.41) is 10.9. The van der Waals surface area contributed by atoms with E-state index < -0.39 is 6.23 Å². The quantitative estimate of drug-likeness (QED) is 0.608. The van der Waals surface area contributed by atoms with Crippen LogP contribution in [0.5, 0.6) is 0 Å². The van der Waals surface area contributed by atoms with E-state index in [-0.39, 0.29) is 11.2 Å². The van der Waals surface area contributed by atoms with E-state index in [1.54, 1.807) is 12.1 Å². The van der Waals surface area contributed by atoms with Crippen LogP contribution in [0.1, 0.15) is 64.0 Å². The fourth-order valence-electron chi connectivity index (χ4n) is 4.01. The average Bonchev–Trinajstić information content (AvgIpc) is 2.92. The highest BCUT2D eigenvalue weighted by atomic mass is 19.1. The number of rotatable bonds is 3. The number of aliphatic hydroxyl groups excluding tert-OH is 1. The second-order valence-corrected chi connectivity index (χ2v) is 9.00. The number of halogens is 1. The molecule has 2 aromatic heterocycles. The van der Waals surface area contributed by atoms with Crippen LogP contribution in [0.2, 0.25) is 0 Å². The molecule has 3 aromatic rings. The van der Waals surface area contributed by atoms with E-state index in [0.29, 0.717) is 11.3 Å². The van der Waals surface area contributed by atoms with Crippen molar-refractivity contribution in [1.82, 2.24) is 9.88 Å². The zero-order valence-electron chi connectivity index (χ0n) is 17.4. The molecule has 5 heteroatoms. The molecule has 0 spiro atoms. The van der Waals surface area contributed by atoms with Crippen molar-refractivity contribution in [3.05, 3.63) is 53.5 Å². The van der Waals surface area contributed by atoms with Gasteiger partial charge in [-0.3, -0.25) is 4.90 Å². The SMILES string of the molecule is CC(C)(C)c1cc(-c2ccc(F)cc2)nc2cc(C(O)N3CCCCCC3)oc12. The Labute approximate surface area is 171 Å². The lowest BCUT2D eigenvalue weighted by atomic mass is 9.86. The van der Waals surface area contributed by atoms with Gasteiger partial charge in [-0.1, -0.05) is 33.6 Å². The Morgan fingerprint density at radius 3 is 2.31 bits per heavy atom. The van der Waals surface area contributed by atoms with Gasteiger partial charge in [0.05, 0.1) is 5.69 Å². The Bertz CT molecular complexity index is 981. The lowest BCUT2D eigenvalue weighted by Crippen LogP contribution is -2.29. The van der Waals surface area contributed by atoms with Gasteiger partial charge in [-0.25, -0.2) is 9.37 Å². The first-order valence-electron chi connectivity index (χ1n) is 10.5. The molecular formula is C24H29FN2O2. The first-order valence-corrected chi connectivity index (χ1v) is 10.5. The summed E-state index contributed by atoms with van der Waals surface area (Å²) in [6, 6.07) is 10.2. The zero-order valence-corrected chi connectivity index (χ0v) is 17.4. The predicted octanol–water partition coefficient (Wildman–Crippen LogP) is 5.80. The molecule has 1 atom stereocenters. The van der Waals surface area contributed by atoms with Gasteiger partial charge < -0.3 is 9.52 Å². The van der Waals surface area contributed by atoms with E-state index in [1.165, 1.54) is 25.0 Å². The van der Waals surface area contributed by atoms with Crippen molar-refractivity contribution in [3.63, 3.8) is 0 Å². The van der Waals surface area contributed by atoms with Crippen molar-refractivity contribution in [2.45, 2.75) is 58.1 Å². The van der Waals surface area contributed by atoms with E-state index in [0.717, 1.165) is 48.3 Å². The Kier molecular flexibility index (Phi) is 5.45. The maximum atomic E-state index is 13.4. The fourth-order valence-corrected chi connectivity index (χ4v) is 4.01. The van der Waals surface area contributed by atoms with E-state index >= 15 is 0 Å². The molecular weight excluding hydrogens is 367 g/mol. The summed E-state index contributed by atoms with van der Waals surface area (Å²) in [6.45, 7) is 8.13. The van der Waals surface area contributed by atoms with Crippen molar-refractivity contribution in [2.75, 3.05) is 13.1 Å². The van der Waals surface area contributed by atoms with Gasteiger partial charge in [-0.15, -0.1) is 0 Å². The molecule has 3 heterocycles. The van der Waals surface area contributed by atoms with Crippen LogP contribution < -0.4 is 0 Å². The van der Waals surface area contributed by atoms with Crippen LogP contribution in [0.3, 0.4) is 0 Å². The molecule has 29 heavy (non-hydrogen) atoms. The number of fused-ring (bicyclic) bond motifs is 1. The summed E-state index contributed by atoms with van der Waals surface area (Å²) in [4.78, 5) is 6.86. The maximum absolute atomic E-state index is 13.4. The Morgan fingerprint density at radius 1 is 1.03 bits per heavy atom. The summed E-state index contributed by atoms with van der Waals surface area (Å²) in [5.41, 5.74) is 3.93. The van der Waals surface area contributed by atoms with Gasteiger partial charge in [0.15, 0.2) is 17.6 Å². The molecule has 0 amide bonds. The van der Waals surface area contributed by atoms with Gasteiger partial charge in [-0.2, -0.15) is 0 Å². The minimum absolute atomic E-state index is 0.168. The summed E-state index contributed by atoms with van der Waals surface area (Å²) in [6.07, 6.45) is 3.85. The maximum Gasteiger partial charge on any atom is 0.166 e. The smallest absolute Gasteiger partial charge is 0.166 e. The fraction of sp³-hybridized carbons (Fsp3) is 0.458. The van der Waals surface area contributed by atoms with Crippen LogP contribution in [-0.2, 0) is 5.41 Å². The second-order valence-electron chi connectivity index (χ2n) is 9.00. The molecule has 1 aliphatic rings. The molecule has 4 rings (SSSR count). The molecule has 1 unspecified atom stereocenters. The first kappa shape index (κ1) is 20.0. The Balaban J connectivity index is 1.78. The average molecular weight is 397 g/mol. The van der Waals surface area contributed by atoms with Crippen LogP contribution in [0.4, 0.5) is 4.39 Å². The minimum Gasteiger partial charge on any atom is -0.455 e. The molecule has 1 aromatic carbocycles. The first-order chi connectivity index (χ1) is 13.8. The predicted molar refractivity (Wildman–Crippen MR) is 113 cm³/mol. The molecule has 154 valence electrons. The van der Waals surface area contributed by atoms with Gasteiger partial charge in [0.2, 0.25) is 0 Å². The van der Waals surface area contributed by atoms with Gasteiger partial charge in [0, 0.05) is 30.3 Å². The van der Waals surface area contributed by atoms with Gasteiger partial charge in [0.1, 0.15) is 11.3 Å². The van der Waals surface area contributed by atoms with Crippen LogP contribution in [0, 0.1) is 5.82 Å². The van der Waals surface area contributed by atoms with Crippen molar-refractivity contribution < 1.29 is 13.9 Å². The lowest BCUT2D eigenvalue weighted by Gasteiger charge is -2.24. The molecule has 4 nitrogen and oxygen atoms in total. The topological polar surface area (TPSA) is 49.5 Å². The number of benzene rings is 1. The second kappa shape index (κ2) is 7.88.